The molecule has 0 spiro atoms. The van der Waals surface area contributed by atoms with Crippen LogP contribution in [-0.4, -0.2) is 26.1 Å². The molecule has 0 saturated carbocycles. The zero-order chi connectivity index (χ0) is 17.6. The van der Waals surface area contributed by atoms with Gasteiger partial charge in [-0.05, 0) is 12.1 Å². The molecule has 0 atom stereocenters. The van der Waals surface area contributed by atoms with Gasteiger partial charge in [0, 0.05) is 14.1 Å². The van der Waals surface area contributed by atoms with E-state index in [4.69, 9.17) is 0 Å². The number of hydrogen-bond acceptors (Lipinski definition) is 7. The maximum Gasteiger partial charge on any atom is 2.00 e. The van der Waals surface area contributed by atoms with Crippen LogP contribution in [0.15, 0.2) is 38.0 Å². The SMILES string of the molecule is Cn1c(O)c(N=Nc2cccc3c2C(=O)NC3=O)c(=O)n(C)c1=O.[Ni+2]. The van der Waals surface area contributed by atoms with Crippen LogP contribution in [0.3, 0.4) is 0 Å². The summed E-state index contributed by atoms with van der Waals surface area (Å²) < 4.78 is 1.60. The van der Waals surface area contributed by atoms with Crippen molar-refractivity contribution in [3.8, 4) is 5.88 Å². The molecule has 2 heterocycles. The van der Waals surface area contributed by atoms with Crippen molar-refractivity contribution in [1.82, 2.24) is 14.5 Å². The van der Waals surface area contributed by atoms with E-state index in [1.54, 1.807) is 0 Å². The fourth-order valence-corrected chi connectivity index (χ4v) is 2.29. The largest absolute Gasteiger partial charge is 2.00 e. The molecule has 0 radical (unpaired) electrons. The van der Waals surface area contributed by atoms with Crippen LogP contribution >= 0.6 is 0 Å². The van der Waals surface area contributed by atoms with Gasteiger partial charge in [0.25, 0.3) is 17.4 Å². The quantitative estimate of drug-likeness (QED) is 0.427. The molecule has 0 aliphatic carbocycles. The molecule has 1 aliphatic heterocycles. The fraction of sp³-hybridized carbons (Fsp3) is 0.143. The summed E-state index contributed by atoms with van der Waals surface area (Å²) in [4.78, 5) is 47.1. The Hall–Kier alpha value is -3.07. The van der Waals surface area contributed by atoms with Gasteiger partial charge >= 0.3 is 22.2 Å². The third-order valence-corrected chi connectivity index (χ3v) is 3.61. The van der Waals surface area contributed by atoms with Crippen LogP contribution in [0.25, 0.3) is 0 Å². The average molecular weight is 388 g/mol. The second kappa shape index (κ2) is 6.44. The Balaban J connectivity index is 0.00000225. The summed E-state index contributed by atoms with van der Waals surface area (Å²) in [6, 6.07) is 4.39. The first-order valence-electron chi connectivity index (χ1n) is 6.72. The van der Waals surface area contributed by atoms with E-state index < -0.39 is 34.6 Å². The fourth-order valence-electron chi connectivity index (χ4n) is 2.29. The normalized spacial score (nSPS) is 12.9. The van der Waals surface area contributed by atoms with Crippen LogP contribution in [0.5, 0.6) is 5.88 Å². The Bertz CT molecular complexity index is 1050. The molecule has 1 aromatic carbocycles. The third kappa shape index (κ3) is 2.78. The minimum atomic E-state index is -0.840. The number of rotatable bonds is 2. The number of nitrogens with zero attached hydrogens (tertiary/aromatic N) is 4. The molecule has 0 fully saturated rings. The number of fused-ring (bicyclic) bond motifs is 1. The van der Waals surface area contributed by atoms with E-state index >= 15 is 0 Å². The summed E-state index contributed by atoms with van der Waals surface area (Å²) in [7, 11) is 2.50. The predicted octanol–water partition coefficient (Wildman–Crippen LogP) is 0.0861. The second-order valence-corrected chi connectivity index (χ2v) is 5.06. The molecule has 0 bridgehead atoms. The maximum absolute atomic E-state index is 12.0. The molecule has 1 aliphatic rings. The summed E-state index contributed by atoms with van der Waals surface area (Å²) in [5, 5.41) is 19.5. The number of azo groups is 1. The molecular formula is C14H11N5NiO5+2. The van der Waals surface area contributed by atoms with Crippen molar-refractivity contribution in [2.45, 2.75) is 0 Å². The van der Waals surface area contributed by atoms with E-state index in [9.17, 15) is 24.3 Å². The maximum atomic E-state index is 12.0. The van der Waals surface area contributed by atoms with Crippen molar-refractivity contribution < 1.29 is 31.2 Å². The van der Waals surface area contributed by atoms with Gasteiger partial charge < -0.3 is 5.11 Å². The molecule has 2 N–H and O–H groups in total. The number of nitrogens with one attached hydrogen (secondary N) is 1. The molecule has 2 aromatic rings. The van der Waals surface area contributed by atoms with E-state index in [0.717, 1.165) is 9.13 Å². The molecule has 1 aromatic heterocycles. The van der Waals surface area contributed by atoms with E-state index in [1.807, 2.05) is 0 Å². The van der Waals surface area contributed by atoms with Crippen molar-refractivity contribution in [1.29, 1.82) is 0 Å². The Kier molecular flexibility index (Phi) is 4.71. The Labute approximate surface area is 149 Å². The molecule has 11 heteroatoms. The van der Waals surface area contributed by atoms with Crippen LogP contribution in [0.4, 0.5) is 11.4 Å². The van der Waals surface area contributed by atoms with Crippen molar-refractivity contribution in [2.75, 3.05) is 0 Å². The van der Waals surface area contributed by atoms with Crippen LogP contribution in [0, 0.1) is 0 Å². The van der Waals surface area contributed by atoms with Gasteiger partial charge in [-0.2, -0.15) is 0 Å². The zero-order valence-electron chi connectivity index (χ0n) is 12.9. The number of aromatic nitrogens is 2. The molecule has 3 rings (SSSR count). The summed E-state index contributed by atoms with van der Waals surface area (Å²) >= 11 is 0. The summed E-state index contributed by atoms with van der Waals surface area (Å²) in [5.74, 6) is -1.82. The molecule has 0 saturated heterocycles. The monoisotopic (exact) mass is 387 g/mol. The number of carbonyl (C=O) groups is 2. The first kappa shape index (κ1) is 18.3. The minimum absolute atomic E-state index is 0. The number of amides is 2. The smallest absolute Gasteiger partial charge is 0.493 e. The Morgan fingerprint density at radius 1 is 1.00 bits per heavy atom. The minimum Gasteiger partial charge on any atom is -0.493 e. The van der Waals surface area contributed by atoms with Crippen molar-refractivity contribution in [2.24, 2.45) is 24.3 Å². The van der Waals surface area contributed by atoms with Crippen molar-refractivity contribution >= 4 is 23.2 Å². The van der Waals surface area contributed by atoms with Crippen LogP contribution in [0.1, 0.15) is 20.7 Å². The summed E-state index contributed by atoms with van der Waals surface area (Å²) in [6.07, 6.45) is 0. The first-order valence-corrected chi connectivity index (χ1v) is 6.72. The Morgan fingerprint density at radius 2 is 1.68 bits per heavy atom. The number of carbonyl (C=O) groups excluding carboxylic acids is 2. The molecule has 2 amide bonds. The zero-order valence-corrected chi connectivity index (χ0v) is 13.9. The second-order valence-electron chi connectivity index (χ2n) is 5.06. The topological polar surface area (TPSA) is 135 Å². The van der Waals surface area contributed by atoms with Gasteiger partial charge in [-0.25, -0.2) is 4.79 Å². The van der Waals surface area contributed by atoms with Crippen LogP contribution in [0.2, 0.25) is 0 Å². The van der Waals surface area contributed by atoms with Gasteiger partial charge in [-0.3, -0.25) is 28.8 Å². The van der Waals surface area contributed by atoms with Gasteiger partial charge in [0.2, 0.25) is 11.6 Å². The Morgan fingerprint density at radius 3 is 2.36 bits per heavy atom. The van der Waals surface area contributed by atoms with Crippen LogP contribution in [-0.2, 0) is 30.6 Å². The van der Waals surface area contributed by atoms with E-state index in [-0.39, 0.29) is 33.3 Å². The predicted molar refractivity (Wildman–Crippen MR) is 81.0 cm³/mol. The summed E-state index contributed by atoms with van der Waals surface area (Å²) in [5.41, 5.74) is -1.77. The van der Waals surface area contributed by atoms with E-state index in [1.165, 1.54) is 32.3 Å². The number of benzene rings is 1. The molecule has 10 nitrogen and oxygen atoms in total. The van der Waals surface area contributed by atoms with Gasteiger partial charge in [0.15, 0.2) is 0 Å². The summed E-state index contributed by atoms with van der Waals surface area (Å²) in [6.45, 7) is 0. The van der Waals surface area contributed by atoms with Crippen molar-refractivity contribution in [3.05, 3.63) is 50.2 Å². The van der Waals surface area contributed by atoms with Gasteiger partial charge in [-0.15, -0.1) is 10.2 Å². The van der Waals surface area contributed by atoms with Gasteiger partial charge in [0.05, 0.1) is 16.8 Å². The molecule has 0 unspecified atom stereocenters. The molecule has 130 valence electrons. The molecule has 25 heavy (non-hydrogen) atoms. The standard InChI is InChI=1S/C14H11N5O5.Ni/c1-18-12(22)9(13(23)19(2)14(18)24)17-16-7-5-3-4-6-8(7)11(21)15-10(6)20;/h3-5,22H,1-2H3,(H,15,20,21);/q;+2. The molecular weight excluding hydrogens is 377 g/mol. The first-order chi connectivity index (χ1) is 11.3. The average Bonchev–Trinajstić information content (AvgIpc) is 2.86. The van der Waals surface area contributed by atoms with Crippen LogP contribution < -0.4 is 16.6 Å². The van der Waals surface area contributed by atoms with Gasteiger partial charge in [0.1, 0.15) is 0 Å². The number of aromatic hydroxyl groups is 1. The van der Waals surface area contributed by atoms with E-state index in [0.29, 0.717) is 0 Å². The van der Waals surface area contributed by atoms with E-state index in [2.05, 4.69) is 15.5 Å². The third-order valence-electron chi connectivity index (χ3n) is 3.61. The number of imide groups is 1. The van der Waals surface area contributed by atoms with Crippen molar-refractivity contribution in [3.63, 3.8) is 0 Å². The number of hydrogen-bond donors (Lipinski definition) is 2. The van der Waals surface area contributed by atoms with Gasteiger partial charge in [-0.1, -0.05) is 6.07 Å².